The molecule has 9 rings (SSSR count). The summed E-state index contributed by atoms with van der Waals surface area (Å²) in [5, 5.41) is 11.3. The fraction of sp³-hybridized carbons (Fsp3) is 0.0238. The first-order valence-corrected chi connectivity index (χ1v) is 15.9. The Balaban J connectivity index is 1.27. The van der Waals surface area contributed by atoms with Gasteiger partial charge < -0.3 is 0 Å². The van der Waals surface area contributed by atoms with Crippen LogP contribution in [0.15, 0.2) is 128 Å². The topological polar surface area (TPSA) is 17.8 Å². The first-order valence-electron chi connectivity index (χ1n) is 15.1. The van der Waals surface area contributed by atoms with Crippen LogP contribution in [0.3, 0.4) is 0 Å². The van der Waals surface area contributed by atoms with Crippen molar-refractivity contribution in [2.75, 3.05) is 0 Å². The highest BCUT2D eigenvalue weighted by atomic mass is 32.1. The molecule has 0 N–H and O–H groups in total. The van der Waals surface area contributed by atoms with Crippen LogP contribution < -0.4 is 0 Å². The van der Waals surface area contributed by atoms with Crippen LogP contribution in [0.1, 0.15) is 18.2 Å². The molecule has 0 aliphatic carbocycles. The third-order valence-corrected chi connectivity index (χ3v) is 10.2. The maximum Gasteiger partial charge on any atom is 0.156 e. The second-order valence-corrected chi connectivity index (χ2v) is 12.5. The summed E-state index contributed by atoms with van der Waals surface area (Å²) in [5.74, 6) is 3.85. The maximum atomic E-state index is 6.16. The Morgan fingerprint density at radius 1 is 0.644 bits per heavy atom. The van der Waals surface area contributed by atoms with Gasteiger partial charge >= 0.3 is 0 Å². The lowest BCUT2D eigenvalue weighted by molar-refractivity contribution is 1.05. The smallest absolute Gasteiger partial charge is 0.156 e. The average molecular weight is 591 g/mol. The molecule has 9 aromatic rings. The van der Waals surface area contributed by atoms with Gasteiger partial charge in [-0.15, -0.1) is 17.8 Å². The zero-order valence-corrected chi connectivity index (χ0v) is 25.4. The molecule has 0 atom stereocenters. The second kappa shape index (κ2) is 9.92. The van der Waals surface area contributed by atoms with Crippen LogP contribution in [0.4, 0.5) is 0 Å². The largest absolute Gasteiger partial charge is 0.285 e. The monoisotopic (exact) mass is 590 g/mol. The second-order valence-electron chi connectivity index (χ2n) is 11.4. The zero-order valence-electron chi connectivity index (χ0n) is 24.6. The molecule has 6 aromatic carbocycles. The lowest BCUT2D eigenvalue weighted by Gasteiger charge is -2.12. The molecule has 210 valence electrons. The summed E-state index contributed by atoms with van der Waals surface area (Å²) >= 11 is 1.77. The number of allylic oxidation sites excluding steroid dienone is 1. The number of aromatic nitrogens is 2. The SMILES string of the molecule is C#Cc1c(/C=C\C)c2ccccc2n1-c1nccc2c1sc1ccc(-c3ccc4c5ccccc5c5ccccc5c4c3)cc12. The lowest BCUT2D eigenvalue weighted by Crippen LogP contribution is -2.00. The Kier molecular flexibility index (Phi) is 5.68. The van der Waals surface area contributed by atoms with Crippen molar-refractivity contribution < 1.29 is 0 Å². The average Bonchev–Trinajstić information content (AvgIpc) is 3.63. The molecular formula is C42H26N2S. The fourth-order valence-corrected chi connectivity index (χ4v) is 8.24. The predicted molar refractivity (Wildman–Crippen MR) is 195 cm³/mol. The third-order valence-electron chi connectivity index (χ3n) is 9.04. The van der Waals surface area contributed by atoms with Crippen molar-refractivity contribution in [2.24, 2.45) is 0 Å². The van der Waals surface area contributed by atoms with Gasteiger partial charge in [0.2, 0.25) is 0 Å². The Bertz CT molecular complexity index is 2700. The molecule has 0 amide bonds. The van der Waals surface area contributed by atoms with Crippen LogP contribution in [0.5, 0.6) is 0 Å². The molecule has 0 aliphatic heterocycles. The van der Waals surface area contributed by atoms with Crippen molar-refractivity contribution in [1.29, 1.82) is 0 Å². The minimum absolute atomic E-state index is 0.823. The summed E-state index contributed by atoms with van der Waals surface area (Å²) in [6, 6.07) is 41.8. The number of fused-ring (bicyclic) bond motifs is 10. The standard InChI is InChI=1S/C42H26N2S/c1-3-11-33-34-16-9-10-17-39(34)44(38(33)4-2)42-41-35(22-23-43-42)37-25-27(19-21-40(37)45-41)26-18-20-32-30-14-6-5-12-28(30)29-13-7-8-15-31(29)36(32)24-26/h2-3,5-25H,1H3/b11-3-. The zero-order chi connectivity index (χ0) is 30.1. The van der Waals surface area contributed by atoms with Gasteiger partial charge in [-0.2, -0.15) is 0 Å². The van der Waals surface area contributed by atoms with E-state index in [0.29, 0.717) is 0 Å². The van der Waals surface area contributed by atoms with E-state index in [0.717, 1.165) is 32.7 Å². The highest BCUT2D eigenvalue weighted by Gasteiger charge is 2.20. The molecule has 45 heavy (non-hydrogen) atoms. The molecule has 0 radical (unpaired) electrons. The summed E-state index contributed by atoms with van der Waals surface area (Å²) in [6.45, 7) is 2.02. The van der Waals surface area contributed by atoms with Gasteiger partial charge in [-0.3, -0.25) is 4.57 Å². The van der Waals surface area contributed by atoms with E-state index < -0.39 is 0 Å². The molecule has 0 unspecified atom stereocenters. The number of hydrogen-bond acceptors (Lipinski definition) is 2. The van der Waals surface area contributed by atoms with Crippen LogP contribution in [-0.4, -0.2) is 9.55 Å². The quantitative estimate of drug-likeness (QED) is 0.148. The first-order chi connectivity index (χ1) is 22.2. The number of thiophene rings is 1. The number of rotatable bonds is 3. The van der Waals surface area contributed by atoms with Gasteiger partial charge in [0.1, 0.15) is 5.69 Å². The number of terminal acetylenes is 1. The van der Waals surface area contributed by atoms with Gasteiger partial charge in [-0.1, -0.05) is 103 Å². The van der Waals surface area contributed by atoms with Crippen LogP contribution in [0.2, 0.25) is 0 Å². The highest BCUT2D eigenvalue weighted by molar-refractivity contribution is 7.26. The van der Waals surface area contributed by atoms with E-state index in [1.807, 2.05) is 19.2 Å². The van der Waals surface area contributed by atoms with Crippen LogP contribution in [0.25, 0.3) is 86.4 Å². The summed E-state index contributed by atoms with van der Waals surface area (Å²) in [4.78, 5) is 4.93. The van der Waals surface area contributed by atoms with Crippen molar-refractivity contribution in [1.82, 2.24) is 9.55 Å². The normalized spacial score (nSPS) is 12.0. The Morgan fingerprint density at radius 2 is 1.24 bits per heavy atom. The van der Waals surface area contributed by atoms with E-state index in [-0.39, 0.29) is 0 Å². The highest BCUT2D eigenvalue weighted by Crippen LogP contribution is 2.42. The number of nitrogens with zero attached hydrogens (tertiary/aromatic N) is 2. The molecule has 3 aromatic heterocycles. The van der Waals surface area contributed by atoms with E-state index in [1.54, 1.807) is 11.3 Å². The van der Waals surface area contributed by atoms with Gasteiger partial charge in [-0.05, 0) is 80.7 Å². The van der Waals surface area contributed by atoms with E-state index in [2.05, 4.69) is 132 Å². The predicted octanol–water partition coefficient (Wildman–Crippen LogP) is 11.5. The van der Waals surface area contributed by atoms with Crippen molar-refractivity contribution >= 4 is 80.8 Å². The molecule has 0 aliphatic rings. The molecule has 0 saturated heterocycles. The number of para-hydroxylation sites is 1. The van der Waals surface area contributed by atoms with Gasteiger partial charge in [0, 0.05) is 32.6 Å². The molecule has 3 heterocycles. The molecular weight excluding hydrogens is 565 g/mol. The van der Waals surface area contributed by atoms with Crippen LogP contribution in [-0.2, 0) is 0 Å². The van der Waals surface area contributed by atoms with Gasteiger partial charge in [0.15, 0.2) is 5.82 Å². The summed E-state index contributed by atoms with van der Waals surface area (Å²) in [5.41, 5.74) is 5.34. The fourth-order valence-electron chi connectivity index (χ4n) is 7.08. The van der Waals surface area contributed by atoms with Gasteiger partial charge in [0.05, 0.1) is 10.2 Å². The number of benzene rings is 6. The lowest BCUT2D eigenvalue weighted by atomic mass is 9.92. The molecule has 0 bridgehead atoms. The first kappa shape index (κ1) is 25.8. The maximum absolute atomic E-state index is 6.16. The molecule has 0 spiro atoms. The summed E-state index contributed by atoms with van der Waals surface area (Å²) < 4.78 is 4.51. The molecule has 2 nitrogen and oxygen atoms in total. The van der Waals surface area contributed by atoms with Crippen molar-refractivity contribution in [3.05, 3.63) is 139 Å². The van der Waals surface area contributed by atoms with Gasteiger partial charge in [-0.25, -0.2) is 4.98 Å². The Morgan fingerprint density at radius 3 is 1.93 bits per heavy atom. The summed E-state index contributed by atoms with van der Waals surface area (Å²) in [6.07, 6.45) is 12.2. The number of pyridine rings is 1. The van der Waals surface area contributed by atoms with E-state index in [9.17, 15) is 0 Å². The van der Waals surface area contributed by atoms with Gasteiger partial charge in [0.25, 0.3) is 0 Å². The minimum atomic E-state index is 0.823. The molecule has 3 heteroatoms. The Hall–Kier alpha value is -5.69. The third kappa shape index (κ3) is 3.73. The summed E-state index contributed by atoms with van der Waals surface area (Å²) in [7, 11) is 0. The van der Waals surface area contributed by atoms with Crippen molar-refractivity contribution in [3.8, 4) is 29.3 Å². The van der Waals surface area contributed by atoms with Crippen molar-refractivity contribution in [2.45, 2.75) is 6.92 Å². The van der Waals surface area contributed by atoms with E-state index in [4.69, 9.17) is 11.4 Å². The Labute approximate surface area is 264 Å². The van der Waals surface area contributed by atoms with Crippen molar-refractivity contribution in [3.63, 3.8) is 0 Å². The molecule has 0 saturated carbocycles. The minimum Gasteiger partial charge on any atom is -0.285 e. The van der Waals surface area contributed by atoms with Crippen LogP contribution in [0, 0.1) is 12.3 Å². The number of hydrogen-bond donors (Lipinski definition) is 0. The molecule has 0 fully saturated rings. The van der Waals surface area contributed by atoms with E-state index in [1.165, 1.54) is 58.9 Å². The van der Waals surface area contributed by atoms with E-state index >= 15 is 0 Å². The van der Waals surface area contributed by atoms with Crippen LogP contribution >= 0.6 is 11.3 Å².